The Bertz CT molecular complexity index is 1340. The molecule has 0 heterocycles. The van der Waals surface area contributed by atoms with E-state index in [1.807, 2.05) is 60.7 Å². The number of carbonyl (C=O) groups is 1. The molecular formula is C30H26O6. The largest absolute Gasteiger partial charge is 0.508 e. The number of aromatic hydroxyl groups is 2. The first-order valence-electron chi connectivity index (χ1n) is 11.3. The summed E-state index contributed by atoms with van der Waals surface area (Å²) in [5, 5.41) is 19.4. The average Bonchev–Trinajstić information content (AvgIpc) is 2.90. The lowest BCUT2D eigenvalue weighted by atomic mass is 10.1. The van der Waals surface area contributed by atoms with Gasteiger partial charge in [0.15, 0.2) is 5.78 Å². The van der Waals surface area contributed by atoms with E-state index in [4.69, 9.17) is 14.2 Å². The third kappa shape index (κ3) is 6.45. The van der Waals surface area contributed by atoms with Crippen molar-refractivity contribution in [2.75, 3.05) is 7.11 Å². The van der Waals surface area contributed by atoms with Gasteiger partial charge in [0.25, 0.3) is 0 Å². The van der Waals surface area contributed by atoms with Gasteiger partial charge in [-0.2, -0.15) is 0 Å². The van der Waals surface area contributed by atoms with Crippen LogP contribution < -0.4 is 14.2 Å². The molecule has 0 fully saturated rings. The normalized spacial score (nSPS) is 10.8. The SMILES string of the molecule is COc1ccc(COc2ccc(C=CC(=O)c3ccc(O)cc3O)c(OCc3ccccc3)c2)cc1. The quantitative estimate of drug-likeness (QED) is 0.208. The fraction of sp³-hybridized carbons (Fsp3) is 0.100. The number of phenolic OH excluding ortho intramolecular Hbond substituents is 2. The average molecular weight is 483 g/mol. The van der Waals surface area contributed by atoms with Crippen molar-refractivity contribution in [3.8, 4) is 28.7 Å². The summed E-state index contributed by atoms with van der Waals surface area (Å²) in [6, 6.07) is 26.7. The van der Waals surface area contributed by atoms with Crippen molar-refractivity contribution in [2.24, 2.45) is 0 Å². The number of ketones is 1. The number of ether oxygens (including phenoxy) is 3. The van der Waals surface area contributed by atoms with Crippen LogP contribution in [-0.2, 0) is 13.2 Å². The molecule has 0 radical (unpaired) electrons. The smallest absolute Gasteiger partial charge is 0.189 e. The first kappa shape index (κ1) is 24.4. The van der Waals surface area contributed by atoms with Crippen LogP contribution in [0.4, 0.5) is 0 Å². The number of hydrogen-bond acceptors (Lipinski definition) is 6. The predicted octanol–water partition coefficient (Wildman–Crippen LogP) is 6.16. The Kier molecular flexibility index (Phi) is 7.88. The molecule has 4 rings (SSSR count). The monoisotopic (exact) mass is 482 g/mol. The maximum atomic E-state index is 12.6. The van der Waals surface area contributed by atoms with Gasteiger partial charge in [-0.15, -0.1) is 0 Å². The zero-order valence-corrected chi connectivity index (χ0v) is 19.8. The van der Waals surface area contributed by atoms with E-state index in [1.54, 1.807) is 25.3 Å². The van der Waals surface area contributed by atoms with E-state index in [-0.39, 0.29) is 17.1 Å². The number of phenols is 2. The van der Waals surface area contributed by atoms with Crippen LogP contribution in [0.1, 0.15) is 27.0 Å². The maximum Gasteiger partial charge on any atom is 0.189 e. The number of carbonyl (C=O) groups excluding carboxylic acids is 1. The summed E-state index contributed by atoms with van der Waals surface area (Å²) in [7, 11) is 1.62. The molecular weight excluding hydrogens is 456 g/mol. The summed E-state index contributed by atoms with van der Waals surface area (Å²) in [4.78, 5) is 12.6. The van der Waals surface area contributed by atoms with Crippen LogP contribution in [0.15, 0.2) is 97.1 Å². The van der Waals surface area contributed by atoms with Crippen molar-refractivity contribution in [3.05, 3.63) is 119 Å². The van der Waals surface area contributed by atoms with E-state index in [1.165, 1.54) is 18.2 Å². The molecule has 4 aromatic rings. The molecule has 0 aliphatic heterocycles. The van der Waals surface area contributed by atoms with E-state index in [9.17, 15) is 15.0 Å². The van der Waals surface area contributed by atoms with Gasteiger partial charge in [-0.25, -0.2) is 0 Å². The summed E-state index contributed by atoms with van der Waals surface area (Å²) in [6.45, 7) is 0.715. The molecule has 0 aliphatic carbocycles. The van der Waals surface area contributed by atoms with Crippen LogP contribution in [0.5, 0.6) is 28.7 Å². The van der Waals surface area contributed by atoms with Crippen LogP contribution in [0.3, 0.4) is 0 Å². The van der Waals surface area contributed by atoms with E-state index < -0.39 is 5.78 Å². The van der Waals surface area contributed by atoms with Crippen molar-refractivity contribution in [2.45, 2.75) is 13.2 Å². The van der Waals surface area contributed by atoms with Crippen LogP contribution in [0.25, 0.3) is 6.08 Å². The van der Waals surface area contributed by atoms with Gasteiger partial charge in [0.2, 0.25) is 0 Å². The van der Waals surface area contributed by atoms with Gasteiger partial charge in [-0.05, 0) is 59.7 Å². The molecule has 6 nitrogen and oxygen atoms in total. The minimum atomic E-state index is -0.402. The lowest BCUT2D eigenvalue weighted by Gasteiger charge is -2.13. The Morgan fingerprint density at radius 1 is 0.778 bits per heavy atom. The Morgan fingerprint density at radius 3 is 2.19 bits per heavy atom. The fourth-order valence-electron chi connectivity index (χ4n) is 3.47. The number of benzene rings is 4. The summed E-state index contributed by atoms with van der Waals surface area (Å²) in [6.07, 6.45) is 2.98. The van der Waals surface area contributed by atoms with E-state index >= 15 is 0 Å². The molecule has 0 amide bonds. The van der Waals surface area contributed by atoms with Gasteiger partial charge in [-0.1, -0.05) is 42.5 Å². The van der Waals surface area contributed by atoms with Gasteiger partial charge >= 0.3 is 0 Å². The van der Waals surface area contributed by atoms with Crippen LogP contribution in [0, 0.1) is 0 Å². The highest BCUT2D eigenvalue weighted by Crippen LogP contribution is 2.29. The van der Waals surface area contributed by atoms with Crippen LogP contribution in [-0.4, -0.2) is 23.1 Å². The molecule has 0 spiro atoms. The van der Waals surface area contributed by atoms with Gasteiger partial charge in [-0.3, -0.25) is 4.79 Å². The highest BCUT2D eigenvalue weighted by molar-refractivity contribution is 6.08. The lowest BCUT2D eigenvalue weighted by Crippen LogP contribution is -2.00. The molecule has 0 bridgehead atoms. The molecule has 2 N–H and O–H groups in total. The summed E-state index contributed by atoms with van der Waals surface area (Å²) in [5.41, 5.74) is 2.76. The first-order valence-corrected chi connectivity index (χ1v) is 11.3. The van der Waals surface area contributed by atoms with Gasteiger partial charge in [0.1, 0.15) is 42.0 Å². The Labute approximate surface area is 209 Å². The first-order chi connectivity index (χ1) is 17.5. The maximum absolute atomic E-state index is 12.6. The highest BCUT2D eigenvalue weighted by atomic mass is 16.5. The zero-order valence-electron chi connectivity index (χ0n) is 19.8. The van der Waals surface area contributed by atoms with Crippen molar-refractivity contribution in [3.63, 3.8) is 0 Å². The number of methoxy groups -OCH3 is 1. The molecule has 36 heavy (non-hydrogen) atoms. The number of hydrogen-bond donors (Lipinski definition) is 2. The van der Waals surface area contributed by atoms with Crippen molar-refractivity contribution in [1.82, 2.24) is 0 Å². The van der Waals surface area contributed by atoms with Gasteiger partial charge < -0.3 is 24.4 Å². The Hall–Kier alpha value is -4.71. The van der Waals surface area contributed by atoms with Gasteiger partial charge in [0, 0.05) is 17.7 Å². The molecule has 0 atom stereocenters. The second-order valence-corrected chi connectivity index (χ2v) is 8.01. The summed E-state index contributed by atoms with van der Waals surface area (Å²) in [5.74, 6) is 1.14. The van der Waals surface area contributed by atoms with Crippen molar-refractivity contribution < 1.29 is 29.2 Å². The Balaban J connectivity index is 1.53. The highest BCUT2D eigenvalue weighted by Gasteiger charge is 2.11. The van der Waals surface area contributed by atoms with E-state index in [0.717, 1.165) is 22.9 Å². The van der Waals surface area contributed by atoms with E-state index in [0.29, 0.717) is 30.3 Å². The molecule has 6 heteroatoms. The molecule has 0 unspecified atom stereocenters. The van der Waals surface area contributed by atoms with E-state index in [2.05, 4.69) is 0 Å². The third-order valence-electron chi connectivity index (χ3n) is 5.45. The molecule has 0 saturated carbocycles. The molecule has 0 saturated heterocycles. The molecule has 4 aromatic carbocycles. The van der Waals surface area contributed by atoms with Crippen molar-refractivity contribution >= 4 is 11.9 Å². The zero-order chi connectivity index (χ0) is 25.3. The second-order valence-electron chi connectivity index (χ2n) is 8.01. The fourth-order valence-corrected chi connectivity index (χ4v) is 3.47. The lowest BCUT2D eigenvalue weighted by molar-refractivity contribution is 0.104. The number of allylic oxidation sites excluding steroid dienone is 1. The van der Waals surface area contributed by atoms with Crippen molar-refractivity contribution in [1.29, 1.82) is 0 Å². The van der Waals surface area contributed by atoms with Gasteiger partial charge in [0.05, 0.1) is 12.7 Å². The summed E-state index contributed by atoms with van der Waals surface area (Å²) >= 11 is 0. The third-order valence-corrected chi connectivity index (χ3v) is 5.45. The van der Waals surface area contributed by atoms with Crippen LogP contribution in [0.2, 0.25) is 0 Å². The Morgan fingerprint density at radius 2 is 1.47 bits per heavy atom. The topological polar surface area (TPSA) is 85.2 Å². The summed E-state index contributed by atoms with van der Waals surface area (Å²) < 4.78 is 17.2. The predicted molar refractivity (Wildman–Crippen MR) is 138 cm³/mol. The minimum absolute atomic E-state index is 0.0928. The molecule has 0 aromatic heterocycles. The number of rotatable bonds is 10. The standard InChI is InChI=1S/C30H26O6/c1-34-25-12-7-22(8-13-25)19-35-26-14-9-23(30(18-26)36-20-21-5-3-2-4-6-21)10-16-28(32)27-15-11-24(31)17-29(27)33/h2-18,31,33H,19-20H2,1H3. The minimum Gasteiger partial charge on any atom is -0.508 e. The molecule has 0 aliphatic rings. The molecule has 182 valence electrons. The van der Waals surface area contributed by atoms with Crippen LogP contribution >= 0.6 is 0 Å². The second kappa shape index (κ2) is 11.6.